The van der Waals surface area contributed by atoms with Gasteiger partial charge in [-0.1, -0.05) is 0 Å². The fourth-order valence-electron chi connectivity index (χ4n) is 3.03. The molecule has 5 heteroatoms. The summed E-state index contributed by atoms with van der Waals surface area (Å²) in [5, 5.41) is 0. The maximum Gasteiger partial charge on any atom is 0.263 e. The summed E-state index contributed by atoms with van der Waals surface area (Å²) in [6.45, 7) is 2.21. The molecule has 1 aliphatic carbocycles. The normalized spacial score (nSPS) is 19.4. The molecule has 1 saturated heterocycles. The quantitative estimate of drug-likeness (QED) is 0.799. The summed E-state index contributed by atoms with van der Waals surface area (Å²) in [6.07, 6.45) is 5.67. The maximum atomic E-state index is 12.5. The largest absolute Gasteiger partial charge is 0.377 e. The van der Waals surface area contributed by atoms with E-state index in [0.29, 0.717) is 12.5 Å². The number of halogens is 1. The molecular formula is C15H20ClNO2S. The molecule has 2 aliphatic rings. The van der Waals surface area contributed by atoms with Crippen molar-refractivity contribution >= 4 is 28.8 Å². The standard InChI is InChI=1S/C15H20ClNO2S/c16-6-9-19-12-4-7-17(8-5-12)15(18)14-10-11-2-1-3-13(11)20-14/h10,12H,1-9H2. The van der Waals surface area contributed by atoms with Crippen molar-refractivity contribution in [3.63, 3.8) is 0 Å². The number of ether oxygens (including phenoxy) is 1. The first-order valence-corrected chi connectivity index (χ1v) is 8.71. The molecular weight excluding hydrogens is 294 g/mol. The van der Waals surface area contributed by atoms with E-state index < -0.39 is 0 Å². The maximum absolute atomic E-state index is 12.5. The van der Waals surface area contributed by atoms with E-state index in [-0.39, 0.29) is 12.0 Å². The van der Waals surface area contributed by atoms with Gasteiger partial charge in [0.25, 0.3) is 5.91 Å². The van der Waals surface area contributed by atoms with E-state index in [1.807, 2.05) is 4.90 Å². The molecule has 110 valence electrons. The number of likely N-dealkylation sites (tertiary alicyclic amines) is 1. The van der Waals surface area contributed by atoms with Gasteiger partial charge in [-0.05, 0) is 43.7 Å². The Bertz CT molecular complexity index is 459. The SMILES string of the molecule is O=C(c1cc2c(s1)CCC2)N1CCC(OCCCl)CC1. The first kappa shape index (κ1) is 14.4. The smallest absolute Gasteiger partial charge is 0.263 e. The van der Waals surface area contributed by atoms with Gasteiger partial charge in [0.05, 0.1) is 17.6 Å². The van der Waals surface area contributed by atoms with Gasteiger partial charge < -0.3 is 9.64 Å². The number of carbonyl (C=O) groups is 1. The number of fused-ring (bicyclic) bond motifs is 1. The number of aryl methyl sites for hydroxylation is 2. The summed E-state index contributed by atoms with van der Waals surface area (Å²) in [4.78, 5) is 16.8. The summed E-state index contributed by atoms with van der Waals surface area (Å²) in [7, 11) is 0. The summed E-state index contributed by atoms with van der Waals surface area (Å²) in [5.41, 5.74) is 1.40. The van der Waals surface area contributed by atoms with Crippen molar-refractivity contribution in [3.8, 4) is 0 Å². The van der Waals surface area contributed by atoms with Gasteiger partial charge in [-0.15, -0.1) is 22.9 Å². The van der Waals surface area contributed by atoms with Crippen LogP contribution < -0.4 is 0 Å². The summed E-state index contributed by atoms with van der Waals surface area (Å²) in [5.74, 6) is 0.750. The predicted molar refractivity (Wildman–Crippen MR) is 81.9 cm³/mol. The van der Waals surface area contributed by atoms with Crippen molar-refractivity contribution in [2.24, 2.45) is 0 Å². The third kappa shape index (κ3) is 3.02. The Kier molecular flexibility index (Phi) is 4.64. The van der Waals surface area contributed by atoms with Crippen LogP contribution in [0.4, 0.5) is 0 Å². The van der Waals surface area contributed by atoms with Crippen molar-refractivity contribution in [2.75, 3.05) is 25.6 Å². The molecule has 0 aromatic carbocycles. The number of carbonyl (C=O) groups excluding carboxylic acids is 1. The van der Waals surface area contributed by atoms with Crippen molar-refractivity contribution in [1.82, 2.24) is 4.90 Å². The van der Waals surface area contributed by atoms with Crippen LogP contribution in [-0.4, -0.2) is 42.5 Å². The minimum atomic E-state index is 0.209. The molecule has 1 amide bonds. The lowest BCUT2D eigenvalue weighted by atomic mass is 10.1. The van der Waals surface area contributed by atoms with Gasteiger partial charge in [0.15, 0.2) is 0 Å². The van der Waals surface area contributed by atoms with Gasteiger partial charge in [-0.25, -0.2) is 0 Å². The highest BCUT2D eigenvalue weighted by atomic mass is 35.5. The number of hydrogen-bond donors (Lipinski definition) is 0. The molecule has 0 N–H and O–H groups in total. The average molecular weight is 314 g/mol. The van der Waals surface area contributed by atoms with Crippen LogP contribution >= 0.6 is 22.9 Å². The molecule has 0 bridgehead atoms. The second kappa shape index (κ2) is 6.46. The molecule has 3 rings (SSSR count). The van der Waals surface area contributed by atoms with E-state index in [9.17, 15) is 4.79 Å². The van der Waals surface area contributed by atoms with Crippen LogP contribution in [0, 0.1) is 0 Å². The number of amides is 1. The molecule has 0 spiro atoms. The molecule has 0 unspecified atom stereocenters. The molecule has 1 aromatic rings. The minimum absolute atomic E-state index is 0.209. The number of thiophene rings is 1. The molecule has 2 heterocycles. The van der Waals surface area contributed by atoms with Crippen LogP contribution in [0.25, 0.3) is 0 Å². The van der Waals surface area contributed by atoms with Gasteiger partial charge in [0.1, 0.15) is 0 Å². The van der Waals surface area contributed by atoms with E-state index in [4.69, 9.17) is 16.3 Å². The van der Waals surface area contributed by atoms with Crippen LogP contribution in [0.3, 0.4) is 0 Å². The molecule has 1 aromatic heterocycles. The van der Waals surface area contributed by atoms with Crippen LogP contribution in [0.5, 0.6) is 0 Å². The lowest BCUT2D eigenvalue weighted by Crippen LogP contribution is -2.40. The summed E-state index contributed by atoms with van der Waals surface area (Å²) in [6, 6.07) is 2.12. The Labute approximate surface area is 128 Å². The Hall–Kier alpha value is -0.580. The fraction of sp³-hybridized carbons (Fsp3) is 0.667. The molecule has 0 radical (unpaired) electrons. The summed E-state index contributed by atoms with van der Waals surface area (Å²) >= 11 is 7.33. The Morgan fingerprint density at radius 3 is 2.90 bits per heavy atom. The van der Waals surface area contributed by atoms with Crippen LogP contribution in [0.2, 0.25) is 0 Å². The molecule has 0 atom stereocenters. The number of rotatable bonds is 4. The lowest BCUT2D eigenvalue weighted by Gasteiger charge is -2.31. The average Bonchev–Trinajstić information content (AvgIpc) is 3.06. The van der Waals surface area contributed by atoms with E-state index in [1.54, 1.807) is 11.3 Å². The van der Waals surface area contributed by atoms with Gasteiger partial charge in [-0.3, -0.25) is 4.79 Å². The minimum Gasteiger partial charge on any atom is -0.377 e. The van der Waals surface area contributed by atoms with Gasteiger partial charge in [0, 0.05) is 23.8 Å². The predicted octanol–water partition coefficient (Wildman–Crippen LogP) is 3.10. The molecule has 0 saturated carbocycles. The van der Waals surface area contributed by atoms with Crippen molar-refractivity contribution in [1.29, 1.82) is 0 Å². The van der Waals surface area contributed by atoms with Crippen LogP contribution in [-0.2, 0) is 17.6 Å². The number of hydrogen-bond acceptors (Lipinski definition) is 3. The first-order chi connectivity index (χ1) is 9.78. The van der Waals surface area contributed by atoms with E-state index in [0.717, 1.165) is 43.6 Å². The Morgan fingerprint density at radius 1 is 1.40 bits per heavy atom. The lowest BCUT2D eigenvalue weighted by molar-refractivity contribution is 0.0155. The summed E-state index contributed by atoms with van der Waals surface area (Å²) < 4.78 is 5.65. The number of alkyl halides is 1. The highest BCUT2D eigenvalue weighted by Gasteiger charge is 2.26. The van der Waals surface area contributed by atoms with Gasteiger partial charge >= 0.3 is 0 Å². The Morgan fingerprint density at radius 2 is 2.20 bits per heavy atom. The monoisotopic (exact) mass is 313 g/mol. The van der Waals surface area contributed by atoms with Crippen LogP contribution in [0.15, 0.2) is 6.07 Å². The van der Waals surface area contributed by atoms with E-state index in [2.05, 4.69) is 6.07 Å². The van der Waals surface area contributed by atoms with E-state index in [1.165, 1.54) is 16.9 Å². The number of nitrogens with zero attached hydrogens (tertiary/aromatic N) is 1. The van der Waals surface area contributed by atoms with Gasteiger partial charge in [-0.2, -0.15) is 0 Å². The highest BCUT2D eigenvalue weighted by molar-refractivity contribution is 7.14. The van der Waals surface area contributed by atoms with Gasteiger partial charge in [0.2, 0.25) is 0 Å². The zero-order chi connectivity index (χ0) is 13.9. The van der Waals surface area contributed by atoms with Crippen molar-refractivity contribution < 1.29 is 9.53 Å². The molecule has 3 nitrogen and oxygen atoms in total. The molecule has 1 aliphatic heterocycles. The second-order valence-corrected chi connectivity index (χ2v) is 6.98. The topological polar surface area (TPSA) is 29.5 Å². The zero-order valence-electron chi connectivity index (χ0n) is 11.6. The third-order valence-corrected chi connectivity index (χ3v) is 5.50. The van der Waals surface area contributed by atoms with Crippen molar-refractivity contribution in [3.05, 3.63) is 21.4 Å². The molecule has 20 heavy (non-hydrogen) atoms. The Balaban J connectivity index is 1.56. The van der Waals surface area contributed by atoms with E-state index >= 15 is 0 Å². The zero-order valence-corrected chi connectivity index (χ0v) is 13.1. The fourth-order valence-corrected chi connectivity index (χ4v) is 4.34. The highest BCUT2D eigenvalue weighted by Crippen LogP contribution is 2.31. The number of piperidine rings is 1. The second-order valence-electron chi connectivity index (χ2n) is 5.46. The molecule has 1 fully saturated rings. The third-order valence-electron chi connectivity index (χ3n) is 4.12. The van der Waals surface area contributed by atoms with Crippen LogP contribution in [0.1, 0.15) is 39.4 Å². The first-order valence-electron chi connectivity index (χ1n) is 7.36. The van der Waals surface area contributed by atoms with Crippen molar-refractivity contribution in [2.45, 2.75) is 38.2 Å².